The number of carbonyl (C=O) groups is 1. The minimum absolute atomic E-state index is 0.130. The Hall–Kier alpha value is -2.37. The van der Waals surface area contributed by atoms with Gasteiger partial charge in [0.2, 0.25) is 0 Å². The fourth-order valence-corrected chi connectivity index (χ4v) is 2.52. The SMILES string of the molecule is Cc1c(C(=O)Oc2c(Cl)cccc2Cl)cnn1-c1ccccn1. The Morgan fingerprint density at radius 2 is 1.87 bits per heavy atom. The smallest absolute Gasteiger partial charge is 0.347 e. The average molecular weight is 348 g/mol. The summed E-state index contributed by atoms with van der Waals surface area (Å²) in [4.78, 5) is 16.6. The summed E-state index contributed by atoms with van der Waals surface area (Å²) in [5, 5.41) is 4.71. The minimum atomic E-state index is -0.584. The third-order valence-corrected chi connectivity index (χ3v) is 3.80. The molecule has 0 unspecified atom stereocenters. The Labute approximate surface area is 142 Å². The van der Waals surface area contributed by atoms with Crippen LogP contribution in [0.1, 0.15) is 16.1 Å². The van der Waals surface area contributed by atoms with Gasteiger partial charge >= 0.3 is 5.97 Å². The van der Waals surface area contributed by atoms with Gasteiger partial charge in [0.05, 0.1) is 21.9 Å². The maximum atomic E-state index is 12.4. The molecule has 0 saturated heterocycles. The Kier molecular flexibility index (Phi) is 4.32. The lowest BCUT2D eigenvalue weighted by atomic mass is 10.2. The number of pyridine rings is 1. The summed E-state index contributed by atoms with van der Waals surface area (Å²) in [6.45, 7) is 1.76. The van der Waals surface area contributed by atoms with Gasteiger partial charge < -0.3 is 4.74 Å². The van der Waals surface area contributed by atoms with Crippen LogP contribution in [0.2, 0.25) is 10.0 Å². The second-order valence-electron chi connectivity index (χ2n) is 4.68. The van der Waals surface area contributed by atoms with Crippen LogP contribution in [-0.4, -0.2) is 20.7 Å². The van der Waals surface area contributed by atoms with Crippen molar-refractivity contribution in [1.82, 2.24) is 14.8 Å². The van der Waals surface area contributed by atoms with Crippen molar-refractivity contribution in [1.29, 1.82) is 0 Å². The van der Waals surface area contributed by atoms with E-state index in [0.29, 0.717) is 17.1 Å². The molecular weight excluding hydrogens is 337 g/mol. The summed E-state index contributed by atoms with van der Waals surface area (Å²) in [7, 11) is 0. The first-order chi connectivity index (χ1) is 11.1. The predicted octanol–water partition coefficient (Wildman–Crippen LogP) is 4.10. The number of ether oxygens (including phenoxy) is 1. The van der Waals surface area contributed by atoms with Gasteiger partial charge in [-0.05, 0) is 31.2 Å². The lowest BCUT2D eigenvalue weighted by Gasteiger charge is -2.08. The molecule has 0 fully saturated rings. The maximum absolute atomic E-state index is 12.4. The van der Waals surface area contributed by atoms with E-state index in [9.17, 15) is 4.79 Å². The molecule has 5 nitrogen and oxygen atoms in total. The van der Waals surface area contributed by atoms with Gasteiger partial charge in [0, 0.05) is 6.20 Å². The van der Waals surface area contributed by atoms with Gasteiger partial charge in [0.25, 0.3) is 0 Å². The molecule has 0 N–H and O–H groups in total. The summed E-state index contributed by atoms with van der Waals surface area (Å²) in [5.74, 6) is 0.158. The van der Waals surface area contributed by atoms with Crippen LogP contribution in [-0.2, 0) is 0 Å². The van der Waals surface area contributed by atoms with Gasteiger partial charge in [-0.25, -0.2) is 14.5 Å². The molecule has 0 spiro atoms. The van der Waals surface area contributed by atoms with Gasteiger partial charge in [0.15, 0.2) is 11.6 Å². The normalized spacial score (nSPS) is 10.6. The molecule has 0 saturated carbocycles. The van der Waals surface area contributed by atoms with Crippen molar-refractivity contribution >= 4 is 29.2 Å². The fraction of sp³-hybridized carbons (Fsp3) is 0.0625. The van der Waals surface area contributed by atoms with E-state index >= 15 is 0 Å². The van der Waals surface area contributed by atoms with Crippen LogP contribution in [0.5, 0.6) is 5.75 Å². The van der Waals surface area contributed by atoms with Crippen LogP contribution in [0.25, 0.3) is 5.82 Å². The average Bonchev–Trinajstić information content (AvgIpc) is 2.93. The summed E-state index contributed by atoms with van der Waals surface area (Å²) < 4.78 is 6.88. The van der Waals surface area contributed by atoms with Crippen molar-refractivity contribution in [3.8, 4) is 11.6 Å². The molecule has 0 aliphatic heterocycles. The number of para-hydroxylation sites is 1. The van der Waals surface area contributed by atoms with Crippen molar-refractivity contribution in [2.75, 3.05) is 0 Å². The highest BCUT2D eigenvalue weighted by Gasteiger charge is 2.19. The highest BCUT2D eigenvalue weighted by atomic mass is 35.5. The molecule has 2 heterocycles. The first-order valence-corrected chi connectivity index (χ1v) is 7.45. The molecule has 0 atom stereocenters. The van der Waals surface area contributed by atoms with Crippen LogP contribution in [0, 0.1) is 6.92 Å². The molecule has 0 aliphatic rings. The van der Waals surface area contributed by atoms with Crippen molar-refractivity contribution in [2.24, 2.45) is 0 Å². The molecule has 0 radical (unpaired) electrons. The minimum Gasteiger partial charge on any atom is -0.420 e. The molecule has 3 aromatic rings. The zero-order valence-electron chi connectivity index (χ0n) is 12.0. The standard InChI is InChI=1S/C16H11Cl2N3O2/c1-10-11(9-20-21(10)14-7-2-3-8-19-14)16(22)23-15-12(17)5-4-6-13(15)18/h2-9H,1H3. The number of halogens is 2. The van der Waals surface area contributed by atoms with Crippen LogP contribution in [0.15, 0.2) is 48.8 Å². The number of hydrogen-bond donors (Lipinski definition) is 0. The molecule has 0 bridgehead atoms. The highest BCUT2D eigenvalue weighted by molar-refractivity contribution is 6.37. The van der Waals surface area contributed by atoms with Crippen molar-refractivity contribution < 1.29 is 9.53 Å². The van der Waals surface area contributed by atoms with E-state index in [1.165, 1.54) is 6.20 Å². The van der Waals surface area contributed by atoms with E-state index in [4.69, 9.17) is 27.9 Å². The molecule has 2 aromatic heterocycles. The lowest BCUT2D eigenvalue weighted by molar-refractivity contribution is 0.0734. The maximum Gasteiger partial charge on any atom is 0.347 e. The van der Waals surface area contributed by atoms with Gasteiger partial charge in [0.1, 0.15) is 5.56 Å². The van der Waals surface area contributed by atoms with E-state index in [2.05, 4.69) is 10.1 Å². The number of esters is 1. The fourth-order valence-electron chi connectivity index (χ4n) is 2.05. The van der Waals surface area contributed by atoms with Gasteiger partial charge in [-0.3, -0.25) is 0 Å². The van der Waals surface area contributed by atoms with Crippen molar-refractivity contribution in [3.63, 3.8) is 0 Å². The largest absolute Gasteiger partial charge is 0.420 e. The number of aromatic nitrogens is 3. The van der Waals surface area contributed by atoms with Gasteiger partial charge in [-0.15, -0.1) is 0 Å². The van der Waals surface area contributed by atoms with E-state index < -0.39 is 5.97 Å². The number of rotatable bonds is 3. The molecular formula is C16H11Cl2N3O2. The van der Waals surface area contributed by atoms with Crippen LogP contribution in [0.4, 0.5) is 0 Å². The number of carbonyl (C=O) groups excluding carboxylic acids is 1. The zero-order chi connectivity index (χ0) is 16.4. The topological polar surface area (TPSA) is 57.0 Å². The summed E-state index contributed by atoms with van der Waals surface area (Å²) in [6, 6.07) is 10.3. The second-order valence-corrected chi connectivity index (χ2v) is 5.50. The van der Waals surface area contributed by atoms with Crippen LogP contribution in [0.3, 0.4) is 0 Å². The van der Waals surface area contributed by atoms with Crippen molar-refractivity contribution in [3.05, 3.63) is 70.1 Å². The highest BCUT2D eigenvalue weighted by Crippen LogP contribution is 2.33. The number of nitrogens with zero attached hydrogens (tertiary/aromatic N) is 3. The Morgan fingerprint density at radius 1 is 1.13 bits per heavy atom. The second kappa shape index (κ2) is 6.40. The first kappa shape index (κ1) is 15.5. The zero-order valence-corrected chi connectivity index (χ0v) is 13.5. The molecule has 23 heavy (non-hydrogen) atoms. The molecule has 0 amide bonds. The summed E-state index contributed by atoms with van der Waals surface area (Å²) in [6.07, 6.45) is 3.08. The molecule has 1 aromatic carbocycles. The summed E-state index contributed by atoms with van der Waals surface area (Å²) >= 11 is 12.0. The van der Waals surface area contributed by atoms with E-state index in [1.807, 2.05) is 6.07 Å². The molecule has 116 valence electrons. The van der Waals surface area contributed by atoms with E-state index in [1.54, 1.807) is 48.1 Å². The van der Waals surface area contributed by atoms with E-state index in [-0.39, 0.29) is 15.8 Å². The summed E-state index contributed by atoms with van der Waals surface area (Å²) in [5.41, 5.74) is 0.920. The Balaban J connectivity index is 1.91. The number of hydrogen-bond acceptors (Lipinski definition) is 4. The van der Waals surface area contributed by atoms with Gasteiger partial charge in [-0.2, -0.15) is 5.10 Å². The van der Waals surface area contributed by atoms with Crippen molar-refractivity contribution in [2.45, 2.75) is 6.92 Å². The predicted molar refractivity (Wildman–Crippen MR) is 87.5 cm³/mol. The van der Waals surface area contributed by atoms with Crippen LogP contribution < -0.4 is 4.74 Å². The quantitative estimate of drug-likeness (QED) is 0.528. The third-order valence-electron chi connectivity index (χ3n) is 3.21. The van der Waals surface area contributed by atoms with Gasteiger partial charge in [-0.1, -0.05) is 35.3 Å². The first-order valence-electron chi connectivity index (χ1n) is 6.70. The Morgan fingerprint density at radius 3 is 2.52 bits per heavy atom. The monoisotopic (exact) mass is 347 g/mol. The van der Waals surface area contributed by atoms with E-state index in [0.717, 1.165) is 0 Å². The third kappa shape index (κ3) is 3.06. The number of benzene rings is 1. The lowest BCUT2D eigenvalue weighted by Crippen LogP contribution is -2.11. The molecule has 3 rings (SSSR count). The van der Waals surface area contributed by atoms with Crippen LogP contribution >= 0.6 is 23.2 Å². The Bertz CT molecular complexity index is 843. The molecule has 7 heteroatoms. The molecule has 0 aliphatic carbocycles.